The minimum absolute atomic E-state index is 0.471. The van der Waals surface area contributed by atoms with Crippen molar-refractivity contribution in [1.29, 1.82) is 0 Å². The number of benzene rings is 1. The molecule has 1 aliphatic rings. The van der Waals surface area contributed by atoms with Gasteiger partial charge in [0.25, 0.3) is 0 Å². The van der Waals surface area contributed by atoms with Crippen molar-refractivity contribution in [3.8, 4) is 5.75 Å². The second-order valence-corrected chi connectivity index (χ2v) is 7.59. The first-order chi connectivity index (χ1) is 9.03. The van der Waals surface area contributed by atoms with E-state index in [1.165, 1.54) is 31.2 Å². The van der Waals surface area contributed by atoms with Gasteiger partial charge < -0.3 is 4.74 Å². The zero-order valence-corrected chi connectivity index (χ0v) is 13.9. The lowest BCUT2D eigenvalue weighted by Crippen LogP contribution is -2.35. The van der Waals surface area contributed by atoms with Crippen molar-refractivity contribution in [1.82, 2.24) is 0 Å². The normalized spacial score (nSPS) is 23.9. The molecule has 0 amide bonds. The number of hydrogen-bond donors (Lipinski definition) is 0. The number of rotatable bonds is 4. The number of alkyl halides is 1. The third-order valence-corrected chi connectivity index (χ3v) is 5.58. The molecule has 1 nitrogen and oxygen atoms in total. The predicted molar refractivity (Wildman–Crippen MR) is 85.2 cm³/mol. The van der Waals surface area contributed by atoms with E-state index in [1.807, 2.05) is 0 Å². The number of halogens is 1. The predicted octanol–water partition coefficient (Wildman–Crippen LogP) is 5.22. The molecule has 1 fully saturated rings. The molecule has 0 spiro atoms. The molecule has 0 aliphatic heterocycles. The van der Waals surface area contributed by atoms with Crippen molar-refractivity contribution in [2.24, 2.45) is 11.3 Å². The van der Waals surface area contributed by atoms with E-state index in [4.69, 9.17) is 4.74 Å². The fourth-order valence-electron chi connectivity index (χ4n) is 3.32. The highest BCUT2D eigenvalue weighted by Gasteiger charge is 2.36. The Morgan fingerprint density at radius 2 is 1.95 bits per heavy atom. The summed E-state index contributed by atoms with van der Waals surface area (Å²) in [4.78, 5) is 0.580. The van der Waals surface area contributed by atoms with Crippen LogP contribution in [0, 0.1) is 11.3 Å². The maximum atomic E-state index is 5.21. The van der Waals surface area contributed by atoms with Crippen molar-refractivity contribution in [2.45, 2.75) is 50.8 Å². The lowest BCUT2D eigenvalue weighted by Gasteiger charge is -2.41. The van der Waals surface area contributed by atoms with E-state index >= 15 is 0 Å². The van der Waals surface area contributed by atoms with E-state index in [-0.39, 0.29) is 0 Å². The fourth-order valence-corrected chi connectivity index (χ4v) is 4.67. The molecule has 1 aromatic carbocycles. The Hall–Kier alpha value is -0.500. The first-order valence-electron chi connectivity index (χ1n) is 7.30. The van der Waals surface area contributed by atoms with Gasteiger partial charge in [-0.15, -0.1) is 0 Å². The quantitative estimate of drug-likeness (QED) is 0.690. The van der Waals surface area contributed by atoms with Crippen molar-refractivity contribution in [3.63, 3.8) is 0 Å². The topological polar surface area (TPSA) is 9.23 Å². The van der Waals surface area contributed by atoms with Crippen LogP contribution in [-0.4, -0.2) is 11.9 Å². The van der Waals surface area contributed by atoms with Crippen molar-refractivity contribution < 1.29 is 4.74 Å². The molecule has 0 radical (unpaired) electrons. The smallest absolute Gasteiger partial charge is 0.118 e. The molecule has 0 aromatic heterocycles. The summed E-state index contributed by atoms with van der Waals surface area (Å²) in [5, 5.41) is 0. The van der Waals surface area contributed by atoms with Crippen LogP contribution in [0.25, 0.3) is 0 Å². The molecule has 2 heteroatoms. The van der Waals surface area contributed by atoms with Gasteiger partial charge in [0, 0.05) is 4.83 Å². The zero-order valence-electron chi connectivity index (χ0n) is 12.3. The SMILES string of the molecule is COc1ccc(CC(Br)C2CCCCC2(C)C)cc1. The van der Waals surface area contributed by atoms with Gasteiger partial charge in [0.15, 0.2) is 0 Å². The van der Waals surface area contributed by atoms with Crippen LogP contribution >= 0.6 is 15.9 Å². The fraction of sp³-hybridized carbons (Fsp3) is 0.647. The summed E-state index contributed by atoms with van der Waals surface area (Å²) < 4.78 is 5.21. The number of hydrogen-bond acceptors (Lipinski definition) is 1. The van der Waals surface area contributed by atoms with E-state index in [2.05, 4.69) is 54.0 Å². The zero-order chi connectivity index (χ0) is 13.9. The highest BCUT2D eigenvalue weighted by Crippen LogP contribution is 2.45. The largest absolute Gasteiger partial charge is 0.497 e. The van der Waals surface area contributed by atoms with Crippen LogP contribution in [-0.2, 0) is 6.42 Å². The third-order valence-electron chi connectivity index (χ3n) is 4.62. The van der Waals surface area contributed by atoms with Crippen LogP contribution in [0.4, 0.5) is 0 Å². The van der Waals surface area contributed by atoms with E-state index in [0.717, 1.165) is 18.1 Å². The molecule has 0 N–H and O–H groups in total. The molecular weight excluding hydrogens is 300 g/mol. The van der Waals surface area contributed by atoms with E-state index in [0.29, 0.717) is 10.2 Å². The lowest BCUT2D eigenvalue weighted by atomic mass is 9.67. The van der Waals surface area contributed by atoms with Crippen LogP contribution in [0.15, 0.2) is 24.3 Å². The number of ether oxygens (including phenoxy) is 1. The number of methoxy groups -OCH3 is 1. The monoisotopic (exact) mass is 324 g/mol. The molecule has 1 aromatic rings. The Labute approximate surface area is 125 Å². The molecular formula is C17H25BrO. The molecule has 106 valence electrons. The van der Waals surface area contributed by atoms with Crippen LogP contribution in [0.3, 0.4) is 0 Å². The average Bonchev–Trinajstić information content (AvgIpc) is 2.39. The van der Waals surface area contributed by atoms with Gasteiger partial charge in [-0.1, -0.05) is 54.8 Å². The third kappa shape index (κ3) is 3.75. The van der Waals surface area contributed by atoms with Crippen LogP contribution in [0.1, 0.15) is 45.1 Å². The van der Waals surface area contributed by atoms with Gasteiger partial charge in [0.2, 0.25) is 0 Å². The molecule has 0 bridgehead atoms. The summed E-state index contributed by atoms with van der Waals surface area (Å²) >= 11 is 3.96. The minimum Gasteiger partial charge on any atom is -0.497 e. The highest BCUT2D eigenvalue weighted by atomic mass is 79.9. The van der Waals surface area contributed by atoms with Crippen LogP contribution in [0.5, 0.6) is 5.75 Å². The summed E-state index contributed by atoms with van der Waals surface area (Å²) in [6.07, 6.45) is 6.62. The molecule has 1 saturated carbocycles. The van der Waals surface area contributed by atoms with E-state index < -0.39 is 0 Å². The van der Waals surface area contributed by atoms with Gasteiger partial charge >= 0.3 is 0 Å². The Morgan fingerprint density at radius 3 is 2.53 bits per heavy atom. The highest BCUT2D eigenvalue weighted by molar-refractivity contribution is 9.09. The van der Waals surface area contributed by atoms with Crippen molar-refractivity contribution in [3.05, 3.63) is 29.8 Å². The van der Waals surface area contributed by atoms with Gasteiger partial charge in [-0.3, -0.25) is 0 Å². The van der Waals surface area contributed by atoms with Gasteiger partial charge in [0.1, 0.15) is 5.75 Å². The second kappa shape index (κ2) is 6.30. The summed E-state index contributed by atoms with van der Waals surface area (Å²) in [6.45, 7) is 4.86. The summed E-state index contributed by atoms with van der Waals surface area (Å²) in [5.74, 6) is 1.72. The van der Waals surface area contributed by atoms with Gasteiger partial charge in [-0.05, 0) is 48.3 Å². The summed E-state index contributed by atoms with van der Waals surface area (Å²) in [7, 11) is 1.72. The summed E-state index contributed by atoms with van der Waals surface area (Å²) in [6, 6.07) is 8.48. The minimum atomic E-state index is 0.471. The first kappa shape index (κ1) is 14.9. The van der Waals surface area contributed by atoms with Crippen LogP contribution < -0.4 is 4.74 Å². The van der Waals surface area contributed by atoms with Crippen molar-refractivity contribution >= 4 is 15.9 Å². The molecule has 1 aliphatic carbocycles. The average molecular weight is 325 g/mol. The van der Waals surface area contributed by atoms with Gasteiger partial charge in [0.05, 0.1) is 7.11 Å². The first-order valence-corrected chi connectivity index (χ1v) is 8.21. The Morgan fingerprint density at radius 1 is 1.26 bits per heavy atom. The lowest BCUT2D eigenvalue weighted by molar-refractivity contribution is 0.136. The van der Waals surface area contributed by atoms with E-state index in [9.17, 15) is 0 Å². The standard InChI is InChI=1S/C17H25BrO/c1-17(2)11-5-4-6-15(17)16(18)12-13-7-9-14(19-3)10-8-13/h7-10,15-16H,4-6,11-12H2,1-3H3. The molecule has 19 heavy (non-hydrogen) atoms. The maximum Gasteiger partial charge on any atom is 0.118 e. The van der Waals surface area contributed by atoms with Gasteiger partial charge in [-0.25, -0.2) is 0 Å². The molecule has 0 heterocycles. The van der Waals surface area contributed by atoms with Gasteiger partial charge in [-0.2, -0.15) is 0 Å². The summed E-state index contributed by atoms with van der Waals surface area (Å²) in [5.41, 5.74) is 1.86. The maximum absolute atomic E-state index is 5.21. The Kier molecular flexibility index (Phi) is 4.94. The molecule has 2 rings (SSSR count). The molecule has 2 unspecified atom stereocenters. The Balaban J connectivity index is 2.01. The van der Waals surface area contributed by atoms with Crippen LogP contribution in [0.2, 0.25) is 0 Å². The Bertz CT molecular complexity index is 396. The second-order valence-electron chi connectivity index (χ2n) is 6.41. The van der Waals surface area contributed by atoms with Crippen molar-refractivity contribution in [2.75, 3.05) is 7.11 Å². The molecule has 0 saturated heterocycles. The molecule has 2 atom stereocenters. The van der Waals surface area contributed by atoms with E-state index in [1.54, 1.807) is 7.11 Å².